The fraction of sp³-hybridized carbons (Fsp3) is 0.227. The molecule has 3 aromatic rings. The van der Waals surface area contributed by atoms with E-state index in [0.29, 0.717) is 10.4 Å². The van der Waals surface area contributed by atoms with Crippen molar-refractivity contribution >= 4 is 35.1 Å². The van der Waals surface area contributed by atoms with E-state index >= 15 is 0 Å². The normalized spacial score (nSPS) is 15.2. The number of aromatic nitrogens is 2. The van der Waals surface area contributed by atoms with Crippen molar-refractivity contribution in [3.63, 3.8) is 0 Å². The van der Waals surface area contributed by atoms with Gasteiger partial charge in [-0.1, -0.05) is 54.6 Å². The number of para-hydroxylation sites is 1. The number of anilines is 1. The number of carbonyl (C=O) groups is 1. The predicted octanol–water partition coefficient (Wildman–Crippen LogP) is 4.31. The Kier molecular flexibility index (Phi) is 5.78. The largest absolute Gasteiger partial charge is 0.325 e. The molecule has 7 heteroatoms. The molecule has 148 valence electrons. The molecule has 0 saturated heterocycles. The zero-order valence-electron chi connectivity index (χ0n) is 16.2. The summed E-state index contributed by atoms with van der Waals surface area (Å²) in [5.74, 6) is 0.0465. The summed E-state index contributed by atoms with van der Waals surface area (Å²) in [5.41, 5.74) is 3.43. The smallest absolute Gasteiger partial charge is 0.272 e. The quantitative estimate of drug-likeness (QED) is 0.489. The van der Waals surface area contributed by atoms with E-state index in [-0.39, 0.29) is 17.2 Å². The number of nitrogens with zero attached hydrogens (tertiary/aromatic N) is 2. The monoisotopic (exact) mass is 423 g/mol. The minimum absolute atomic E-state index is 0.0583. The number of carbonyl (C=O) groups excluding carboxylic acids is 1. The molecular formula is C22H21N3O2S2. The lowest BCUT2D eigenvalue weighted by atomic mass is 10.2. The van der Waals surface area contributed by atoms with Crippen LogP contribution in [0.4, 0.5) is 5.69 Å². The zero-order valence-corrected chi connectivity index (χ0v) is 17.8. The molecule has 0 bridgehead atoms. The Bertz CT molecular complexity index is 1100. The lowest BCUT2D eigenvalue weighted by molar-refractivity contribution is -0.113. The lowest BCUT2D eigenvalue weighted by Gasteiger charge is -2.13. The Morgan fingerprint density at radius 3 is 2.66 bits per heavy atom. The van der Waals surface area contributed by atoms with E-state index in [1.807, 2.05) is 61.5 Å². The number of thioether (sulfide) groups is 2. The van der Waals surface area contributed by atoms with Crippen molar-refractivity contribution in [3.05, 3.63) is 76.2 Å². The molecule has 2 aromatic carbocycles. The van der Waals surface area contributed by atoms with Crippen LogP contribution >= 0.6 is 23.5 Å². The van der Waals surface area contributed by atoms with Crippen LogP contribution in [0, 0.1) is 6.92 Å². The average molecular weight is 424 g/mol. The van der Waals surface area contributed by atoms with Gasteiger partial charge in [-0.05, 0) is 31.2 Å². The molecule has 1 amide bonds. The minimum Gasteiger partial charge on any atom is -0.325 e. The lowest BCUT2D eigenvalue weighted by Crippen LogP contribution is -2.24. The first-order valence-electron chi connectivity index (χ1n) is 9.38. The summed E-state index contributed by atoms with van der Waals surface area (Å²) < 4.78 is 1.62. The van der Waals surface area contributed by atoms with Gasteiger partial charge in [0.1, 0.15) is 0 Å². The highest BCUT2D eigenvalue weighted by Gasteiger charge is 2.27. The molecule has 1 N–H and O–H groups in total. The summed E-state index contributed by atoms with van der Waals surface area (Å²) in [7, 11) is 0. The molecule has 1 atom stereocenters. The zero-order chi connectivity index (χ0) is 20.4. The molecule has 0 aliphatic carbocycles. The topological polar surface area (TPSA) is 64.0 Å². The van der Waals surface area contributed by atoms with Crippen LogP contribution in [-0.4, -0.2) is 26.5 Å². The average Bonchev–Trinajstić information content (AvgIpc) is 3.09. The maximum absolute atomic E-state index is 13.2. The number of hydrogen-bond acceptors (Lipinski definition) is 5. The molecule has 0 fully saturated rings. The summed E-state index contributed by atoms with van der Waals surface area (Å²) in [6.07, 6.45) is 0.772. The molecule has 1 aliphatic rings. The van der Waals surface area contributed by atoms with Gasteiger partial charge in [0, 0.05) is 17.4 Å². The SMILES string of the molecule is Cc1ccc(NC(=O)CSc2nc3c(c(=O)n2-c2ccccc2)SC(C)C3)cc1. The number of aryl methyl sites for hydroxylation is 1. The number of benzene rings is 2. The van der Waals surface area contributed by atoms with Gasteiger partial charge in [0.15, 0.2) is 5.16 Å². The van der Waals surface area contributed by atoms with Crippen molar-refractivity contribution in [2.75, 3.05) is 11.1 Å². The highest BCUT2D eigenvalue weighted by Crippen LogP contribution is 2.34. The Labute approximate surface area is 177 Å². The highest BCUT2D eigenvalue weighted by atomic mass is 32.2. The van der Waals surface area contributed by atoms with Crippen molar-refractivity contribution in [3.8, 4) is 5.69 Å². The highest BCUT2D eigenvalue weighted by molar-refractivity contribution is 8.00. The Balaban J connectivity index is 1.60. The van der Waals surface area contributed by atoms with E-state index in [0.717, 1.165) is 33.9 Å². The summed E-state index contributed by atoms with van der Waals surface area (Å²) in [6, 6.07) is 17.1. The van der Waals surface area contributed by atoms with Gasteiger partial charge in [-0.25, -0.2) is 4.98 Å². The molecular weight excluding hydrogens is 402 g/mol. The maximum Gasteiger partial charge on any atom is 0.272 e. The van der Waals surface area contributed by atoms with Gasteiger partial charge in [-0.3, -0.25) is 14.2 Å². The van der Waals surface area contributed by atoms with Crippen molar-refractivity contribution in [1.82, 2.24) is 9.55 Å². The second kappa shape index (κ2) is 8.47. The summed E-state index contributed by atoms with van der Waals surface area (Å²) in [6.45, 7) is 4.10. The number of hydrogen-bond donors (Lipinski definition) is 1. The first kappa shape index (κ1) is 19.8. The van der Waals surface area contributed by atoms with Crippen molar-refractivity contribution in [2.24, 2.45) is 0 Å². The third-order valence-corrected chi connectivity index (χ3v) is 6.72. The first-order valence-corrected chi connectivity index (χ1v) is 11.2. The van der Waals surface area contributed by atoms with Gasteiger partial charge in [-0.2, -0.15) is 0 Å². The molecule has 0 saturated carbocycles. The molecule has 1 aromatic heterocycles. The Morgan fingerprint density at radius 1 is 1.21 bits per heavy atom. The van der Waals surface area contributed by atoms with Gasteiger partial charge in [0.25, 0.3) is 5.56 Å². The fourth-order valence-electron chi connectivity index (χ4n) is 3.17. The van der Waals surface area contributed by atoms with Crippen LogP contribution in [0.25, 0.3) is 5.69 Å². The summed E-state index contributed by atoms with van der Waals surface area (Å²) in [5, 5.41) is 3.78. The van der Waals surface area contributed by atoms with E-state index in [1.54, 1.807) is 16.3 Å². The van der Waals surface area contributed by atoms with Gasteiger partial charge < -0.3 is 5.32 Å². The second-order valence-electron chi connectivity index (χ2n) is 6.98. The van der Waals surface area contributed by atoms with Crippen molar-refractivity contribution < 1.29 is 4.79 Å². The molecule has 1 aliphatic heterocycles. The van der Waals surface area contributed by atoms with E-state index in [9.17, 15) is 9.59 Å². The van der Waals surface area contributed by atoms with Crippen LogP contribution in [0.1, 0.15) is 18.2 Å². The van der Waals surface area contributed by atoms with E-state index in [2.05, 4.69) is 12.2 Å². The molecule has 2 heterocycles. The van der Waals surface area contributed by atoms with Gasteiger partial charge >= 0.3 is 0 Å². The standard InChI is InChI=1S/C22H21N3O2S2/c1-14-8-10-16(11-9-14)23-19(26)13-28-22-24-18-12-15(2)29-20(18)21(27)25(22)17-6-4-3-5-7-17/h3-11,15H,12-13H2,1-2H3,(H,23,26). The molecule has 0 spiro atoms. The van der Waals surface area contributed by atoms with Gasteiger partial charge in [0.2, 0.25) is 5.91 Å². The van der Waals surface area contributed by atoms with E-state index < -0.39 is 0 Å². The number of amides is 1. The predicted molar refractivity (Wildman–Crippen MR) is 119 cm³/mol. The van der Waals surface area contributed by atoms with Crippen molar-refractivity contribution in [2.45, 2.75) is 35.6 Å². The summed E-state index contributed by atoms with van der Waals surface area (Å²) in [4.78, 5) is 31.1. The van der Waals surface area contributed by atoms with Crippen LogP contribution in [0.3, 0.4) is 0 Å². The molecule has 4 rings (SSSR count). The number of nitrogens with one attached hydrogen (secondary N) is 1. The van der Waals surface area contributed by atoms with E-state index in [1.165, 1.54) is 11.8 Å². The maximum atomic E-state index is 13.2. The van der Waals surface area contributed by atoms with Gasteiger partial charge in [0.05, 0.1) is 22.0 Å². The van der Waals surface area contributed by atoms with Crippen LogP contribution in [0.2, 0.25) is 0 Å². The first-order chi connectivity index (χ1) is 14.0. The number of fused-ring (bicyclic) bond motifs is 1. The summed E-state index contributed by atoms with van der Waals surface area (Å²) >= 11 is 2.86. The molecule has 29 heavy (non-hydrogen) atoms. The van der Waals surface area contributed by atoms with Crippen LogP contribution in [0.15, 0.2) is 69.4 Å². The molecule has 0 radical (unpaired) electrons. The van der Waals surface area contributed by atoms with Crippen LogP contribution in [-0.2, 0) is 11.2 Å². The third-order valence-electron chi connectivity index (χ3n) is 4.56. The second-order valence-corrected chi connectivity index (χ2v) is 9.37. The Morgan fingerprint density at radius 2 is 1.93 bits per heavy atom. The van der Waals surface area contributed by atoms with Crippen molar-refractivity contribution in [1.29, 1.82) is 0 Å². The molecule has 5 nitrogen and oxygen atoms in total. The third kappa shape index (κ3) is 4.41. The van der Waals surface area contributed by atoms with Gasteiger partial charge in [-0.15, -0.1) is 11.8 Å². The fourth-order valence-corrected chi connectivity index (χ4v) is 5.09. The minimum atomic E-state index is -0.129. The van der Waals surface area contributed by atoms with E-state index in [4.69, 9.17) is 4.98 Å². The van der Waals surface area contributed by atoms with Crippen LogP contribution < -0.4 is 10.9 Å². The van der Waals surface area contributed by atoms with Crippen LogP contribution in [0.5, 0.6) is 0 Å². The number of rotatable bonds is 5. The molecule has 1 unspecified atom stereocenters. The Hall–Kier alpha value is -2.51.